The third-order valence-electron chi connectivity index (χ3n) is 2.46. The van der Waals surface area contributed by atoms with Crippen LogP contribution in [0, 0.1) is 0 Å². The first kappa shape index (κ1) is 12.4. The molecule has 0 spiro atoms. The third kappa shape index (κ3) is 2.62. The Labute approximate surface area is 110 Å². The van der Waals surface area contributed by atoms with Gasteiger partial charge in [0.1, 0.15) is 22.9 Å². The van der Waals surface area contributed by atoms with E-state index in [0.29, 0.717) is 17.4 Å². The number of hydrogen-bond donors (Lipinski definition) is 2. The summed E-state index contributed by atoms with van der Waals surface area (Å²) in [5, 5.41) is 3.43. The summed E-state index contributed by atoms with van der Waals surface area (Å²) >= 11 is 5.99. The SMILES string of the molecule is COc1ccccc1CNc1ncnc(N)c1Cl. The lowest BCUT2D eigenvalue weighted by molar-refractivity contribution is 0.410. The van der Waals surface area contributed by atoms with Crippen molar-refractivity contribution in [2.75, 3.05) is 18.2 Å². The van der Waals surface area contributed by atoms with Crippen molar-refractivity contribution in [3.8, 4) is 5.75 Å². The highest BCUT2D eigenvalue weighted by molar-refractivity contribution is 6.35. The summed E-state index contributed by atoms with van der Waals surface area (Å²) in [4.78, 5) is 7.83. The molecular weight excluding hydrogens is 252 g/mol. The van der Waals surface area contributed by atoms with Gasteiger partial charge in [-0.2, -0.15) is 0 Å². The van der Waals surface area contributed by atoms with Crippen LogP contribution in [0.15, 0.2) is 30.6 Å². The van der Waals surface area contributed by atoms with E-state index in [-0.39, 0.29) is 5.82 Å². The molecular formula is C12H13ClN4O. The zero-order valence-electron chi connectivity index (χ0n) is 9.85. The monoisotopic (exact) mass is 264 g/mol. The van der Waals surface area contributed by atoms with E-state index in [9.17, 15) is 0 Å². The number of benzene rings is 1. The number of rotatable bonds is 4. The Balaban J connectivity index is 2.14. The number of hydrogen-bond acceptors (Lipinski definition) is 5. The van der Waals surface area contributed by atoms with Crippen LogP contribution in [-0.2, 0) is 6.54 Å². The summed E-state index contributed by atoms with van der Waals surface area (Å²) in [6.45, 7) is 0.542. The smallest absolute Gasteiger partial charge is 0.150 e. The number of nitrogen functional groups attached to an aromatic ring is 1. The van der Waals surface area contributed by atoms with E-state index in [1.807, 2.05) is 24.3 Å². The van der Waals surface area contributed by atoms with E-state index in [2.05, 4.69) is 15.3 Å². The maximum Gasteiger partial charge on any atom is 0.150 e. The normalized spacial score (nSPS) is 10.1. The highest BCUT2D eigenvalue weighted by atomic mass is 35.5. The molecule has 6 heteroatoms. The molecule has 0 radical (unpaired) electrons. The Morgan fingerprint density at radius 3 is 2.89 bits per heavy atom. The fourth-order valence-corrected chi connectivity index (χ4v) is 1.70. The minimum atomic E-state index is 0.259. The highest BCUT2D eigenvalue weighted by Gasteiger charge is 2.07. The number of aromatic nitrogens is 2. The van der Waals surface area contributed by atoms with E-state index in [1.165, 1.54) is 6.33 Å². The lowest BCUT2D eigenvalue weighted by Gasteiger charge is -2.11. The second-order valence-corrected chi connectivity index (χ2v) is 3.96. The van der Waals surface area contributed by atoms with Gasteiger partial charge in [0.25, 0.3) is 0 Å². The van der Waals surface area contributed by atoms with E-state index < -0.39 is 0 Å². The lowest BCUT2D eigenvalue weighted by atomic mass is 10.2. The highest BCUT2D eigenvalue weighted by Crippen LogP contribution is 2.25. The average molecular weight is 265 g/mol. The number of ether oxygens (including phenoxy) is 1. The molecule has 1 aromatic heterocycles. The van der Waals surface area contributed by atoms with Crippen molar-refractivity contribution in [2.24, 2.45) is 0 Å². The molecule has 0 unspecified atom stereocenters. The van der Waals surface area contributed by atoms with Crippen LogP contribution in [0.25, 0.3) is 0 Å². The molecule has 5 nitrogen and oxygen atoms in total. The van der Waals surface area contributed by atoms with E-state index in [4.69, 9.17) is 22.1 Å². The zero-order chi connectivity index (χ0) is 13.0. The van der Waals surface area contributed by atoms with Gasteiger partial charge >= 0.3 is 0 Å². The van der Waals surface area contributed by atoms with Gasteiger partial charge < -0.3 is 15.8 Å². The van der Waals surface area contributed by atoms with Crippen molar-refractivity contribution in [3.63, 3.8) is 0 Å². The minimum Gasteiger partial charge on any atom is -0.496 e. The molecule has 94 valence electrons. The van der Waals surface area contributed by atoms with Crippen LogP contribution < -0.4 is 15.8 Å². The van der Waals surface area contributed by atoms with Gasteiger partial charge in [-0.15, -0.1) is 0 Å². The molecule has 0 atom stereocenters. The molecule has 0 saturated carbocycles. The number of halogens is 1. The van der Waals surface area contributed by atoms with E-state index >= 15 is 0 Å². The quantitative estimate of drug-likeness (QED) is 0.887. The van der Waals surface area contributed by atoms with Crippen molar-refractivity contribution in [2.45, 2.75) is 6.54 Å². The average Bonchev–Trinajstić information content (AvgIpc) is 2.41. The summed E-state index contributed by atoms with van der Waals surface area (Å²) in [6.07, 6.45) is 1.37. The molecule has 0 aliphatic rings. The van der Waals surface area contributed by atoms with Crippen molar-refractivity contribution in [1.82, 2.24) is 9.97 Å². The molecule has 0 fully saturated rings. The summed E-state index contributed by atoms with van der Waals surface area (Å²) in [6, 6.07) is 7.71. The maximum absolute atomic E-state index is 5.99. The Hall–Kier alpha value is -2.01. The van der Waals surface area contributed by atoms with Gasteiger partial charge in [-0.1, -0.05) is 29.8 Å². The van der Waals surface area contributed by atoms with Crippen molar-refractivity contribution in [3.05, 3.63) is 41.2 Å². The number of nitrogens with one attached hydrogen (secondary N) is 1. The first-order valence-corrected chi connectivity index (χ1v) is 5.72. The van der Waals surface area contributed by atoms with Crippen LogP contribution >= 0.6 is 11.6 Å². The van der Waals surface area contributed by atoms with Crippen LogP contribution in [0.3, 0.4) is 0 Å². The van der Waals surface area contributed by atoms with Crippen molar-refractivity contribution < 1.29 is 4.74 Å². The molecule has 1 heterocycles. The van der Waals surface area contributed by atoms with Crippen LogP contribution in [0.5, 0.6) is 5.75 Å². The molecule has 0 bridgehead atoms. The summed E-state index contributed by atoms with van der Waals surface area (Å²) in [7, 11) is 1.63. The van der Waals surface area contributed by atoms with Gasteiger partial charge in [0.15, 0.2) is 5.82 Å². The predicted octanol–water partition coefficient (Wildman–Crippen LogP) is 2.33. The summed E-state index contributed by atoms with van der Waals surface area (Å²) < 4.78 is 5.26. The van der Waals surface area contributed by atoms with Gasteiger partial charge in [0, 0.05) is 12.1 Å². The summed E-state index contributed by atoms with van der Waals surface area (Å²) in [5.74, 6) is 1.58. The van der Waals surface area contributed by atoms with Crippen LogP contribution in [0.2, 0.25) is 5.02 Å². The first-order valence-electron chi connectivity index (χ1n) is 5.34. The predicted molar refractivity (Wildman–Crippen MR) is 71.8 cm³/mol. The van der Waals surface area contributed by atoms with Gasteiger partial charge in [-0.25, -0.2) is 9.97 Å². The lowest BCUT2D eigenvalue weighted by Crippen LogP contribution is -2.05. The van der Waals surface area contributed by atoms with Gasteiger partial charge in [-0.05, 0) is 6.07 Å². The third-order valence-corrected chi connectivity index (χ3v) is 2.83. The van der Waals surface area contributed by atoms with Crippen molar-refractivity contribution >= 4 is 23.2 Å². The van der Waals surface area contributed by atoms with Gasteiger partial charge in [0.05, 0.1) is 7.11 Å². The Bertz CT molecular complexity index is 547. The summed E-state index contributed by atoms with van der Waals surface area (Å²) in [5.41, 5.74) is 6.61. The molecule has 18 heavy (non-hydrogen) atoms. The number of para-hydroxylation sites is 1. The minimum absolute atomic E-state index is 0.259. The first-order chi connectivity index (χ1) is 8.72. The van der Waals surface area contributed by atoms with Gasteiger partial charge in [-0.3, -0.25) is 0 Å². The Morgan fingerprint density at radius 1 is 1.33 bits per heavy atom. The molecule has 0 saturated heterocycles. The molecule has 1 aromatic carbocycles. The molecule has 0 aliphatic heterocycles. The topological polar surface area (TPSA) is 73.1 Å². The molecule has 2 aromatic rings. The molecule has 0 aliphatic carbocycles. The van der Waals surface area contributed by atoms with E-state index in [1.54, 1.807) is 7.11 Å². The van der Waals surface area contributed by atoms with Crippen LogP contribution in [0.4, 0.5) is 11.6 Å². The molecule has 0 amide bonds. The van der Waals surface area contributed by atoms with Crippen LogP contribution in [0.1, 0.15) is 5.56 Å². The fraction of sp³-hybridized carbons (Fsp3) is 0.167. The second-order valence-electron chi connectivity index (χ2n) is 3.59. The molecule has 3 N–H and O–H groups in total. The van der Waals surface area contributed by atoms with Gasteiger partial charge in [0.2, 0.25) is 0 Å². The largest absolute Gasteiger partial charge is 0.496 e. The second kappa shape index (κ2) is 5.55. The number of nitrogens with two attached hydrogens (primary N) is 1. The fourth-order valence-electron chi connectivity index (χ4n) is 1.53. The standard InChI is InChI=1S/C12H13ClN4O/c1-18-9-5-3-2-4-8(9)6-15-12-10(13)11(14)16-7-17-12/h2-5,7H,6H2,1H3,(H3,14,15,16,17). The van der Waals surface area contributed by atoms with E-state index in [0.717, 1.165) is 11.3 Å². The Kier molecular flexibility index (Phi) is 3.84. The number of methoxy groups -OCH3 is 1. The zero-order valence-corrected chi connectivity index (χ0v) is 10.6. The molecule has 2 rings (SSSR count). The van der Waals surface area contributed by atoms with Crippen LogP contribution in [-0.4, -0.2) is 17.1 Å². The Morgan fingerprint density at radius 2 is 2.11 bits per heavy atom. The maximum atomic E-state index is 5.99. The van der Waals surface area contributed by atoms with Crippen molar-refractivity contribution in [1.29, 1.82) is 0 Å². The number of anilines is 2. The number of nitrogens with zero attached hydrogens (tertiary/aromatic N) is 2.